The molecule has 3 fully saturated rings. The summed E-state index contributed by atoms with van der Waals surface area (Å²) in [5.74, 6) is 1.18. The lowest BCUT2D eigenvalue weighted by atomic mass is 9.97. The first-order chi connectivity index (χ1) is 20.8. The number of halogens is 1. The molecule has 0 spiro atoms. The van der Waals surface area contributed by atoms with E-state index in [1.165, 1.54) is 6.07 Å². The Kier molecular flexibility index (Phi) is 7.55. The monoisotopic (exact) mass is 591 g/mol. The Morgan fingerprint density at radius 2 is 2.00 bits per heavy atom. The lowest BCUT2D eigenvalue weighted by Crippen LogP contribution is -2.37. The Morgan fingerprint density at radius 1 is 1.14 bits per heavy atom. The van der Waals surface area contributed by atoms with Crippen molar-refractivity contribution in [2.45, 2.75) is 45.3 Å². The maximum absolute atomic E-state index is 15.0. The molecule has 2 aromatic carbocycles. The molecule has 1 aromatic heterocycles. The number of fused-ring (bicyclic) bond motifs is 3. The predicted molar refractivity (Wildman–Crippen MR) is 164 cm³/mol. The van der Waals surface area contributed by atoms with Gasteiger partial charge in [-0.05, 0) is 62.9 Å². The maximum Gasteiger partial charge on any atom is 0.318 e. The van der Waals surface area contributed by atoms with E-state index in [0.29, 0.717) is 63.4 Å². The number of aromatic nitrogens is 2. The zero-order valence-corrected chi connectivity index (χ0v) is 25.4. The van der Waals surface area contributed by atoms with E-state index in [2.05, 4.69) is 28.8 Å². The number of nitrogens with zero attached hydrogens (tertiary/aromatic N) is 5. The summed E-state index contributed by atoms with van der Waals surface area (Å²) in [6, 6.07) is 7.12. The number of hydrogen-bond donors (Lipinski definition) is 1. The highest BCUT2D eigenvalue weighted by molar-refractivity contribution is 5.98. The molecule has 4 aliphatic rings. The number of aryl methyl sites for hydroxylation is 1. The molecule has 1 N–H and O–H groups in total. The third kappa shape index (κ3) is 5.60. The minimum absolute atomic E-state index is 0.127. The molecule has 9 nitrogen and oxygen atoms in total. The minimum Gasteiger partial charge on any atom is -0.508 e. The van der Waals surface area contributed by atoms with Gasteiger partial charge in [0, 0.05) is 60.2 Å². The van der Waals surface area contributed by atoms with Crippen molar-refractivity contribution in [1.82, 2.24) is 14.9 Å². The average molecular weight is 592 g/mol. The van der Waals surface area contributed by atoms with E-state index in [9.17, 15) is 9.50 Å². The van der Waals surface area contributed by atoms with Crippen molar-refractivity contribution in [3.05, 3.63) is 46.9 Å². The van der Waals surface area contributed by atoms with Crippen LogP contribution >= 0.6 is 0 Å². The molecule has 0 unspecified atom stereocenters. The number of anilines is 2. The Bertz CT molecular complexity index is 1510. The molecule has 2 atom stereocenters. The normalized spacial score (nSPS) is 22.9. The molecule has 0 radical (unpaired) electrons. The fourth-order valence-corrected chi connectivity index (χ4v) is 7.22. The highest BCUT2D eigenvalue weighted by atomic mass is 19.1. The Balaban J connectivity index is 1.25. The Morgan fingerprint density at radius 3 is 2.79 bits per heavy atom. The first-order valence-corrected chi connectivity index (χ1v) is 15.6. The van der Waals surface area contributed by atoms with E-state index in [1.54, 1.807) is 18.2 Å². The van der Waals surface area contributed by atoms with Gasteiger partial charge in [-0.25, -0.2) is 4.39 Å². The fourth-order valence-electron chi connectivity index (χ4n) is 7.22. The zero-order chi connectivity index (χ0) is 29.7. The first kappa shape index (κ1) is 28.6. The van der Waals surface area contributed by atoms with Gasteiger partial charge in [-0.15, -0.1) is 0 Å². The summed E-state index contributed by atoms with van der Waals surface area (Å²) in [5, 5.41) is 12.3. The molecular weight excluding hydrogens is 549 g/mol. The summed E-state index contributed by atoms with van der Waals surface area (Å²) in [5.41, 5.74) is 3.69. The number of benzene rings is 2. The molecule has 0 bridgehead atoms. The van der Waals surface area contributed by atoms with Crippen molar-refractivity contribution in [2.75, 3.05) is 76.5 Å². The van der Waals surface area contributed by atoms with Gasteiger partial charge in [-0.3, -0.25) is 0 Å². The molecular formula is C33H42FN5O4. The van der Waals surface area contributed by atoms with Crippen LogP contribution in [0.4, 0.5) is 15.9 Å². The molecule has 10 heteroatoms. The molecule has 4 heterocycles. The van der Waals surface area contributed by atoms with Gasteiger partial charge >= 0.3 is 6.01 Å². The van der Waals surface area contributed by atoms with Crippen LogP contribution in [0, 0.1) is 17.2 Å². The van der Waals surface area contributed by atoms with E-state index in [4.69, 9.17) is 24.2 Å². The summed E-state index contributed by atoms with van der Waals surface area (Å²) in [4.78, 5) is 16.8. The average Bonchev–Trinajstić information content (AvgIpc) is 3.67. The summed E-state index contributed by atoms with van der Waals surface area (Å²) >= 11 is 0. The minimum atomic E-state index is -0.219. The second-order valence-corrected chi connectivity index (χ2v) is 13.0. The van der Waals surface area contributed by atoms with Crippen molar-refractivity contribution < 1.29 is 23.7 Å². The molecule has 7 rings (SSSR count). The van der Waals surface area contributed by atoms with Crippen LogP contribution in [0.2, 0.25) is 0 Å². The highest BCUT2D eigenvalue weighted by Gasteiger charge is 2.44. The topological polar surface area (TPSA) is 83.4 Å². The van der Waals surface area contributed by atoms with Gasteiger partial charge < -0.3 is 34.0 Å². The fraction of sp³-hybridized carbons (Fsp3) is 0.576. The standard InChI is InChI=1S/C33H42FN5O4/c1-4-24-26(34)6-5-21-13-23(40)14-28(30(21)24)38-10-7-25-27(16-38)35-32(43-20-33(8-9-33)19-37(2)3)36-31(25)39-11-12-42-29-18-41-17-22(29)15-39/h5-6,13-14,22,29,40H,4,7-12,15-20H2,1-3H3/t22-,29+/m0/s1. The van der Waals surface area contributed by atoms with Gasteiger partial charge in [0.15, 0.2) is 0 Å². The maximum atomic E-state index is 15.0. The molecule has 43 heavy (non-hydrogen) atoms. The Hall–Kier alpha value is -3.21. The van der Waals surface area contributed by atoms with E-state index >= 15 is 0 Å². The van der Waals surface area contributed by atoms with Crippen LogP contribution in [0.15, 0.2) is 24.3 Å². The first-order valence-electron chi connectivity index (χ1n) is 15.6. The molecule has 0 amide bonds. The quantitative estimate of drug-likeness (QED) is 0.415. The number of phenols is 1. The van der Waals surface area contributed by atoms with Crippen molar-refractivity contribution >= 4 is 22.3 Å². The van der Waals surface area contributed by atoms with Gasteiger partial charge in [0.1, 0.15) is 17.4 Å². The van der Waals surface area contributed by atoms with Crippen LogP contribution in [-0.2, 0) is 28.9 Å². The third-order valence-electron chi connectivity index (χ3n) is 9.55. The number of ether oxygens (including phenoxy) is 3. The summed E-state index contributed by atoms with van der Waals surface area (Å²) in [6.45, 7) is 8.29. The van der Waals surface area contributed by atoms with Crippen molar-refractivity contribution in [1.29, 1.82) is 0 Å². The molecule has 230 valence electrons. The molecule has 1 saturated carbocycles. The van der Waals surface area contributed by atoms with Crippen molar-refractivity contribution in [3.8, 4) is 11.8 Å². The summed E-state index contributed by atoms with van der Waals surface area (Å²) in [7, 11) is 4.20. The number of rotatable bonds is 8. The number of aromatic hydroxyl groups is 1. The molecule has 1 aliphatic carbocycles. The van der Waals surface area contributed by atoms with Gasteiger partial charge in [0.2, 0.25) is 0 Å². The predicted octanol–water partition coefficient (Wildman–Crippen LogP) is 4.17. The largest absolute Gasteiger partial charge is 0.508 e. The Labute approximate surface area is 252 Å². The van der Waals surface area contributed by atoms with Gasteiger partial charge in [0.25, 0.3) is 0 Å². The van der Waals surface area contributed by atoms with Crippen LogP contribution in [0.5, 0.6) is 11.8 Å². The smallest absolute Gasteiger partial charge is 0.318 e. The van der Waals surface area contributed by atoms with Crippen molar-refractivity contribution in [2.24, 2.45) is 11.3 Å². The van der Waals surface area contributed by atoms with E-state index in [1.807, 2.05) is 6.92 Å². The molecule has 3 aliphatic heterocycles. The van der Waals surface area contributed by atoms with Crippen LogP contribution in [0.25, 0.3) is 10.8 Å². The second-order valence-electron chi connectivity index (χ2n) is 13.0. The summed E-state index contributed by atoms with van der Waals surface area (Å²) in [6.07, 6.45) is 3.70. The molecule has 2 saturated heterocycles. The van der Waals surface area contributed by atoms with Gasteiger partial charge in [-0.1, -0.05) is 13.0 Å². The van der Waals surface area contributed by atoms with E-state index in [-0.39, 0.29) is 23.1 Å². The van der Waals surface area contributed by atoms with E-state index in [0.717, 1.165) is 72.4 Å². The lowest BCUT2D eigenvalue weighted by molar-refractivity contribution is 0.0412. The van der Waals surface area contributed by atoms with Gasteiger partial charge in [-0.2, -0.15) is 9.97 Å². The van der Waals surface area contributed by atoms with Crippen LogP contribution < -0.4 is 14.5 Å². The van der Waals surface area contributed by atoms with Crippen LogP contribution in [-0.4, -0.2) is 92.8 Å². The SMILES string of the molecule is CCc1c(F)ccc2cc(O)cc(N3CCc4c(nc(OCC5(CN(C)C)CC5)nc4N4CCO[C@@H]5COC[C@@H]5C4)C3)c12. The molecule has 3 aromatic rings. The number of hydrogen-bond acceptors (Lipinski definition) is 9. The highest BCUT2D eigenvalue weighted by Crippen LogP contribution is 2.46. The zero-order valence-electron chi connectivity index (χ0n) is 25.4. The van der Waals surface area contributed by atoms with Gasteiger partial charge in [0.05, 0.1) is 44.8 Å². The van der Waals surface area contributed by atoms with Crippen LogP contribution in [0.1, 0.15) is 36.6 Å². The summed E-state index contributed by atoms with van der Waals surface area (Å²) < 4.78 is 33.2. The van der Waals surface area contributed by atoms with Crippen molar-refractivity contribution in [3.63, 3.8) is 0 Å². The lowest BCUT2D eigenvalue weighted by Gasteiger charge is -2.34. The third-order valence-corrected chi connectivity index (χ3v) is 9.55. The van der Waals surface area contributed by atoms with Crippen LogP contribution in [0.3, 0.4) is 0 Å². The van der Waals surface area contributed by atoms with E-state index < -0.39 is 0 Å². The second kappa shape index (κ2) is 11.4. The number of phenolic OH excluding ortho intramolecular Hbond substituents is 1.